The Morgan fingerprint density at radius 3 is 2.85 bits per heavy atom. The summed E-state index contributed by atoms with van der Waals surface area (Å²) in [5.41, 5.74) is 2.99. The molecular formula is C14H16ClN3O2. The molecule has 1 aromatic carbocycles. The lowest BCUT2D eigenvalue weighted by molar-refractivity contribution is 0.174. The zero-order valence-corrected chi connectivity index (χ0v) is 12.2. The Morgan fingerprint density at radius 2 is 2.10 bits per heavy atom. The maximum absolute atomic E-state index is 6.21. The Labute approximate surface area is 122 Å². The van der Waals surface area contributed by atoms with Gasteiger partial charge in [-0.1, -0.05) is 17.7 Å². The monoisotopic (exact) mass is 293 g/mol. The van der Waals surface area contributed by atoms with E-state index in [9.17, 15) is 0 Å². The summed E-state index contributed by atoms with van der Waals surface area (Å²) in [6, 6.07) is 5.95. The van der Waals surface area contributed by atoms with Crippen LogP contribution in [0.25, 0.3) is 0 Å². The van der Waals surface area contributed by atoms with E-state index < -0.39 is 0 Å². The molecule has 0 atom stereocenters. The first-order valence-corrected chi connectivity index (χ1v) is 6.80. The van der Waals surface area contributed by atoms with Gasteiger partial charge in [0.05, 0.1) is 16.4 Å². The summed E-state index contributed by atoms with van der Waals surface area (Å²) in [6.07, 6.45) is 0. The highest BCUT2D eigenvalue weighted by Crippen LogP contribution is 2.32. The number of hydrogen-bond acceptors (Lipinski definition) is 4. The van der Waals surface area contributed by atoms with Gasteiger partial charge in [0.25, 0.3) is 0 Å². The number of fused-ring (bicyclic) bond motifs is 1. The Bertz CT molecular complexity index is 640. The molecule has 2 heterocycles. The summed E-state index contributed by atoms with van der Waals surface area (Å²) in [5, 5.41) is 8.38. The number of hydrogen-bond donors (Lipinski definition) is 1. The van der Waals surface area contributed by atoms with Crippen molar-refractivity contribution in [2.45, 2.75) is 20.0 Å². The van der Waals surface area contributed by atoms with E-state index in [1.807, 2.05) is 36.9 Å². The normalized spacial score (nSPS) is 12.9. The van der Waals surface area contributed by atoms with E-state index in [0.717, 1.165) is 40.0 Å². The van der Waals surface area contributed by atoms with Gasteiger partial charge in [0.15, 0.2) is 11.5 Å². The summed E-state index contributed by atoms with van der Waals surface area (Å²) >= 11 is 6.21. The van der Waals surface area contributed by atoms with Gasteiger partial charge in [-0.3, -0.25) is 4.68 Å². The third kappa shape index (κ3) is 2.46. The minimum Gasteiger partial charge on any atom is -0.454 e. The van der Waals surface area contributed by atoms with Crippen LogP contribution >= 0.6 is 11.6 Å². The fraction of sp³-hybridized carbons (Fsp3) is 0.357. The van der Waals surface area contributed by atoms with Crippen molar-refractivity contribution < 1.29 is 9.47 Å². The molecule has 1 aromatic heterocycles. The average Bonchev–Trinajstić information content (AvgIpc) is 2.98. The first kappa shape index (κ1) is 13.3. The van der Waals surface area contributed by atoms with E-state index in [1.54, 1.807) is 0 Å². The minimum absolute atomic E-state index is 0.302. The number of rotatable bonds is 4. The minimum atomic E-state index is 0.302. The molecule has 0 aliphatic carbocycles. The van der Waals surface area contributed by atoms with Crippen molar-refractivity contribution in [3.63, 3.8) is 0 Å². The van der Waals surface area contributed by atoms with Crippen LogP contribution in [0.5, 0.6) is 11.5 Å². The predicted octanol–water partition coefficient (Wildman–Crippen LogP) is 2.40. The van der Waals surface area contributed by atoms with Gasteiger partial charge in [-0.15, -0.1) is 0 Å². The van der Waals surface area contributed by atoms with Crippen molar-refractivity contribution in [3.8, 4) is 11.5 Å². The van der Waals surface area contributed by atoms with E-state index in [4.69, 9.17) is 21.1 Å². The topological polar surface area (TPSA) is 48.3 Å². The zero-order valence-electron chi connectivity index (χ0n) is 11.4. The molecule has 3 rings (SSSR count). The fourth-order valence-electron chi connectivity index (χ4n) is 2.25. The van der Waals surface area contributed by atoms with Crippen molar-refractivity contribution in [1.82, 2.24) is 15.1 Å². The van der Waals surface area contributed by atoms with Crippen molar-refractivity contribution in [3.05, 3.63) is 40.2 Å². The number of ether oxygens (including phenoxy) is 2. The first-order chi connectivity index (χ1) is 9.65. The number of benzene rings is 1. The molecule has 0 unspecified atom stereocenters. The lowest BCUT2D eigenvalue weighted by atomic mass is 10.2. The lowest BCUT2D eigenvalue weighted by Gasteiger charge is -2.07. The molecule has 6 heteroatoms. The molecule has 1 N–H and O–H groups in total. The number of aromatic nitrogens is 2. The van der Waals surface area contributed by atoms with Crippen LogP contribution in [0.15, 0.2) is 18.2 Å². The second-order valence-electron chi connectivity index (χ2n) is 4.76. The van der Waals surface area contributed by atoms with E-state index in [1.165, 1.54) is 0 Å². The predicted molar refractivity (Wildman–Crippen MR) is 76.1 cm³/mol. The molecule has 0 fully saturated rings. The second-order valence-corrected chi connectivity index (χ2v) is 5.14. The lowest BCUT2D eigenvalue weighted by Crippen LogP contribution is -2.15. The van der Waals surface area contributed by atoms with Gasteiger partial charge in [0.1, 0.15) is 0 Å². The maximum Gasteiger partial charge on any atom is 0.231 e. The molecule has 0 bridgehead atoms. The smallest absolute Gasteiger partial charge is 0.231 e. The van der Waals surface area contributed by atoms with Crippen LogP contribution in [0.3, 0.4) is 0 Å². The highest BCUT2D eigenvalue weighted by molar-refractivity contribution is 6.31. The molecule has 106 valence electrons. The summed E-state index contributed by atoms with van der Waals surface area (Å²) in [5.74, 6) is 1.61. The first-order valence-electron chi connectivity index (χ1n) is 6.42. The van der Waals surface area contributed by atoms with Crippen LogP contribution in [0.1, 0.15) is 17.0 Å². The average molecular weight is 294 g/mol. The summed E-state index contributed by atoms with van der Waals surface area (Å²) in [7, 11) is 1.90. The van der Waals surface area contributed by atoms with Crippen molar-refractivity contribution >= 4 is 11.6 Å². The molecule has 20 heavy (non-hydrogen) atoms. The van der Waals surface area contributed by atoms with Crippen molar-refractivity contribution in [2.75, 3.05) is 6.79 Å². The molecule has 0 radical (unpaired) electrons. The standard InChI is InChI=1S/C14H16ClN3O2/c1-9-14(15)11(18(2)17-9)7-16-6-10-3-4-12-13(5-10)20-8-19-12/h3-5,16H,6-8H2,1-2H3. The number of halogens is 1. The molecular weight excluding hydrogens is 278 g/mol. The molecule has 2 aromatic rings. The van der Waals surface area contributed by atoms with E-state index in [-0.39, 0.29) is 0 Å². The summed E-state index contributed by atoms with van der Waals surface area (Å²) in [4.78, 5) is 0. The van der Waals surface area contributed by atoms with Crippen molar-refractivity contribution in [2.24, 2.45) is 7.05 Å². The summed E-state index contributed by atoms with van der Waals surface area (Å²) < 4.78 is 12.5. The third-order valence-electron chi connectivity index (χ3n) is 3.32. The van der Waals surface area contributed by atoms with Gasteiger partial charge in [0.2, 0.25) is 6.79 Å². The van der Waals surface area contributed by atoms with Crippen LogP contribution in [0.4, 0.5) is 0 Å². The van der Waals surface area contributed by atoms with Gasteiger partial charge in [-0.05, 0) is 24.6 Å². The quantitative estimate of drug-likeness (QED) is 0.940. The van der Waals surface area contributed by atoms with Crippen LogP contribution in [0.2, 0.25) is 5.02 Å². The molecule has 1 aliphatic rings. The molecule has 0 saturated carbocycles. The molecule has 5 nitrogen and oxygen atoms in total. The van der Waals surface area contributed by atoms with E-state index >= 15 is 0 Å². The Morgan fingerprint density at radius 1 is 1.30 bits per heavy atom. The second kappa shape index (κ2) is 5.34. The number of nitrogens with zero attached hydrogens (tertiary/aromatic N) is 2. The van der Waals surface area contributed by atoms with Gasteiger partial charge < -0.3 is 14.8 Å². The molecule has 0 amide bonds. The Balaban J connectivity index is 1.63. The Kier molecular flexibility index (Phi) is 3.54. The van der Waals surface area contributed by atoms with Crippen LogP contribution in [0, 0.1) is 6.92 Å². The SMILES string of the molecule is Cc1nn(C)c(CNCc2ccc3c(c2)OCO3)c1Cl. The molecule has 0 saturated heterocycles. The third-order valence-corrected chi connectivity index (χ3v) is 3.81. The largest absolute Gasteiger partial charge is 0.454 e. The number of nitrogens with one attached hydrogen (secondary N) is 1. The Hall–Kier alpha value is -1.72. The van der Waals surface area contributed by atoms with E-state index in [0.29, 0.717) is 13.3 Å². The van der Waals surface area contributed by atoms with E-state index in [2.05, 4.69) is 10.4 Å². The highest BCUT2D eigenvalue weighted by Gasteiger charge is 2.13. The van der Waals surface area contributed by atoms with Crippen molar-refractivity contribution in [1.29, 1.82) is 0 Å². The molecule has 1 aliphatic heterocycles. The zero-order chi connectivity index (χ0) is 14.1. The van der Waals surface area contributed by atoms with Gasteiger partial charge in [-0.2, -0.15) is 5.10 Å². The highest BCUT2D eigenvalue weighted by atomic mass is 35.5. The fourth-order valence-corrected chi connectivity index (χ4v) is 2.48. The maximum atomic E-state index is 6.21. The molecule has 0 spiro atoms. The number of aryl methyl sites for hydroxylation is 2. The van der Waals surface area contributed by atoms with Crippen LogP contribution in [-0.2, 0) is 20.1 Å². The van der Waals surface area contributed by atoms with Gasteiger partial charge in [0, 0.05) is 20.1 Å². The van der Waals surface area contributed by atoms with Gasteiger partial charge >= 0.3 is 0 Å². The van der Waals surface area contributed by atoms with Crippen LogP contribution in [-0.4, -0.2) is 16.6 Å². The van der Waals surface area contributed by atoms with Crippen LogP contribution < -0.4 is 14.8 Å². The summed E-state index contributed by atoms with van der Waals surface area (Å²) in [6.45, 7) is 3.61. The van der Waals surface area contributed by atoms with Gasteiger partial charge in [-0.25, -0.2) is 0 Å².